The van der Waals surface area contributed by atoms with Crippen molar-refractivity contribution in [3.05, 3.63) is 143 Å². The molecule has 0 fully saturated rings. The van der Waals surface area contributed by atoms with Crippen LogP contribution in [0.3, 0.4) is 0 Å². The summed E-state index contributed by atoms with van der Waals surface area (Å²) in [5.41, 5.74) is 8.03. The third-order valence-corrected chi connectivity index (χ3v) is 7.02. The molecule has 7 rings (SSSR count). The molecule has 7 aromatic rings. The molecular weight excluding hydrogens is 771 g/mol. The maximum atomic E-state index is 12.1. The van der Waals surface area contributed by atoms with E-state index in [9.17, 15) is 10.2 Å². The molecule has 0 spiro atoms. The monoisotopic (exact) mass is 795 g/mol. The topological polar surface area (TPSA) is 184 Å². The largest absolute Gasteiger partial charge is 0.872 e. The third-order valence-electron chi connectivity index (χ3n) is 6.84. The molecule has 0 saturated carbocycles. The van der Waals surface area contributed by atoms with E-state index in [1.807, 2.05) is 60.7 Å². The minimum Gasteiger partial charge on any atom is -0.872 e. The number of hydrogen-bond acceptors (Lipinski definition) is 9. The van der Waals surface area contributed by atoms with E-state index < -0.39 is 5.09 Å². The number of pyridine rings is 2. The van der Waals surface area contributed by atoms with Crippen molar-refractivity contribution >= 4 is 73.1 Å². The number of nitrogens with zero attached hydrogens (tertiary/aromatic N) is 5. The molecule has 14 heteroatoms. The Kier molecular flexibility index (Phi) is 13.2. The SMILES string of the molecule is O=[N+]([O-])O.[Ce].[O-]c1cc2ccccc2cc1/C=N/NC(=S)N/N=C/c1cc2ccccc2cc1[O-].c1cnc2c(c1)ccc1cccnc12. The predicted octanol–water partition coefficient (Wildman–Crippen LogP) is 5.41. The molecule has 0 saturated heterocycles. The van der Waals surface area contributed by atoms with Gasteiger partial charge < -0.3 is 15.4 Å². The molecule has 0 radical (unpaired) electrons. The average molecular weight is 796 g/mol. The van der Waals surface area contributed by atoms with Crippen molar-refractivity contribution in [3.63, 3.8) is 0 Å². The van der Waals surface area contributed by atoms with Crippen molar-refractivity contribution in [2.24, 2.45) is 10.2 Å². The van der Waals surface area contributed by atoms with Gasteiger partial charge in [-0.15, -0.1) is 10.1 Å². The number of nitrogens with one attached hydrogen (secondary N) is 2. The molecule has 0 aliphatic carbocycles. The average Bonchev–Trinajstić information content (AvgIpc) is 3.09. The number of thiocarbonyl (C=S) groups is 1. The van der Waals surface area contributed by atoms with Crippen LogP contribution >= 0.6 is 12.2 Å². The molecule has 0 atom stereocenters. The minimum atomic E-state index is -1.50. The van der Waals surface area contributed by atoms with Crippen LogP contribution in [0.2, 0.25) is 0 Å². The summed E-state index contributed by atoms with van der Waals surface area (Å²) >= 11 is 5.10. The minimum absolute atomic E-state index is 0. The van der Waals surface area contributed by atoms with Gasteiger partial charge in [0.2, 0.25) is 5.11 Å². The Bertz CT molecular complexity index is 2160. The molecule has 0 unspecified atom stereocenters. The molecule has 3 N–H and O–H groups in total. The van der Waals surface area contributed by atoms with Gasteiger partial charge in [-0.25, -0.2) is 0 Å². The summed E-state index contributed by atoms with van der Waals surface area (Å²) in [7, 11) is 0. The van der Waals surface area contributed by atoms with Gasteiger partial charge in [0.15, 0.2) is 0 Å². The van der Waals surface area contributed by atoms with E-state index >= 15 is 0 Å². The van der Waals surface area contributed by atoms with Crippen molar-refractivity contribution in [3.8, 4) is 11.5 Å². The van der Waals surface area contributed by atoms with E-state index in [-0.39, 0.29) is 58.4 Å². The number of fused-ring (bicyclic) bond motifs is 5. The summed E-state index contributed by atoms with van der Waals surface area (Å²) in [6, 6.07) is 34.0. The van der Waals surface area contributed by atoms with Crippen LogP contribution in [-0.2, 0) is 0 Å². The van der Waals surface area contributed by atoms with E-state index in [0.717, 1.165) is 43.4 Å². The Hall–Kier alpha value is -5.35. The Morgan fingerprint density at radius 2 is 1.00 bits per heavy atom. The zero-order valence-corrected chi connectivity index (χ0v) is 29.4. The fourth-order valence-electron chi connectivity index (χ4n) is 4.70. The molecule has 2 aromatic heterocycles. The fraction of sp³-hybridized carbons (Fsp3) is 0. The predicted molar refractivity (Wildman–Crippen MR) is 187 cm³/mol. The standard InChI is InChI=1S/C23H18N4O2S.C12H8N2.Ce.HNO3/c28-21-11-17-7-3-1-5-15(17)9-19(21)13-24-26-23(30)27-25-14-20-10-16-6-2-4-8-18(16)12-22(20)29;1-3-9-5-6-10-4-2-8-14-12(10)11(9)13-7-1;;2-1(3)4/h1-14,28-29H,(H2,26,27,30);1-8H;;(H,2,3,4)/p-2/b24-13+,25-14+;;;. The molecule has 0 aliphatic heterocycles. The van der Waals surface area contributed by atoms with Crippen LogP contribution in [0.4, 0.5) is 0 Å². The van der Waals surface area contributed by atoms with Crippen LogP contribution in [0.5, 0.6) is 11.5 Å². The van der Waals surface area contributed by atoms with Gasteiger partial charge in [0, 0.05) is 64.9 Å². The van der Waals surface area contributed by atoms with E-state index in [2.05, 4.69) is 55.3 Å². The van der Waals surface area contributed by atoms with Gasteiger partial charge in [0.05, 0.1) is 23.5 Å². The smallest absolute Gasteiger partial charge is 0.291 e. The fourth-order valence-corrected chi connectivity index (χ4v) is 4.81. The number of hydrogen-bond donors (Lipinski definition) is 3. The van der Waals surface area contributed by atoms with Crippen LogP contribution < -0.4 is 21.1 Å². The van der Waals surface area contributed by atoms with Gasteiger partial charge in [-0.3, -0.25) is 20.8 Å². The second-order valence-corrected chi connectivity index (χ2v) is 10.4. The van der Waals surface area contributed by atoms with Gasteiger partial charge >= 0.3 is 0 Å². The summed E-state index contributed by atoms with van der Waals surface area (Å²) < 4.78 is 0. The van der Waals surface area contributed by atoms with Gasteiger partial charge in [0.1, 0.15) is 0 Å². The van der Waals surface area contributed by atoms with Crippen molar-refractivity contribution in [2.45, 2.75) is 0 Å². The zero-order valence-electron chi connectivity index (χ0n) is 25.4. The van der Waals surface area contributed by atoms with E-state index in [1.54, 1.807) is 36.7 Å². The molecule has 12 nitrogen and oxygen atoms in total. The van der Waals surface area contributed by atoms with Crippen LogP contribution in [0.25, 0.3) is 43.4 Å². The quantitative estimate of drug-likeness (QED) is 0.0685. The normalized spacial score (nSPS) is 10.6. The number of benzene rings is 5. The van der Waals surface area contributed by atoms with Crippen molar-refractivity contribution < 1.29 is 62.3 Å². The summed E-state index contributed by atoms with van der Waals surface area (Å²) in [4.78, 5) is 17.1. The molecule has 0 amide bonds. The maximum Gasteiger partial charge on any atom is 0.291 e. The van der Waals surface area contributed by atoms with Crippen LogP contribution in [-0.4, -0.2) is 37.8 Å². The molecule has 5 aromatic carbocycles. The summed E-state index contributed by atoms with van der Waals surface area (Å²) in [5.74, 6) is -0.258. The molecular formula is C35H25CeN7O5S-2. The summed E-state index contributed by atoms with van der Waals surface area (Å²) in [6.45, 7) is 0. The molecule has 0 bridgehead atoms. The molecule has 0 aliphatic rings. The summed E-state index contributed by atoms with van der Waals surface area (Å²) in [6.07, 6.45) is 6.42. The maximum absolute atomic E-state index is 12.1. The second-order valence-electron chi connectivity index (χ2n) is 10.00. The van der Waals surface area contributed by atoms with Gasteiger partial charge in [-0.1, -0.05) is 96.4 Å². The van der Waals surface area contributed by atoms with E-state index in [4.69, 9.17) is 27.5 Å². The van der Waals surface area contributed by atoms with Gasteiger partial charge in [-0.2, -0.15) is 10.2 Å². The number of aromatic nitrogens is 2. The second kappa shape index (κ2) is 17.7. The first-order valence-corrected chi connectivity index (χ1v) is 14.6. The van der Waals surface area contributed by atoms with Crippen LogP contribution in [0.15, 0.2) is 132 Å². The first-order valence-electron chi connectivity index (χ1n) is 14.2. The first-order chi connectivity index (χ1) is 23.3. The Morgan fingerprint density at radius 1 is 0.653 bits per heavy atom. The van der Waals surface area contributed by atoms with Crippen molar-refractivity contribution in [1.29, 1.82) is 0 Å². The van der Waals surface area contributed by atoms with E-state index in [0.29, 0.717) is 11.1 Å². The number of rotatable bonds is 4. The van der Waals surface area contributed by atoms with Gasteiger partial charge in [-0.05, 0) is 69.2 Å². The van der Waals surface area contributed by atoms with Crippen LogP contribution in [0, 0.1) is 51.9 Å². The van der Waals surface area contributed by atoms with Gasteiger partial charge in [0.25, 0.3) is 5.09 Å². The van der Waals surface area contributed by atoms with Crippen molar-refractivity contribution in [1.82, 2.24) is 20.8 Å². The summed E-state index contributed by atoms with van der Waals surface area (Å²) in [5, 5.41) is 51.9. The third kappa shape index (κ3) is 10.1. The zero-order chi connectivity index (χ0) is 33.9. The Balaban J connectivity index is 0.000000235. The van der Waals surface area contributed by atoms with Crippen molar-refractivity contribution in [2.75, 3.05) is 0 Å². The Labute approximate surface area is 318 Å². The molecule has 49 heavy (non-hydrogen) atoms. The first kappa shape index (κ1) is 36.5. The Morgan fingerprint density at radius 3 is 1.39 bits per heavy atom. The molecule has 2 heterocycles. The number of hydrazone groups is 2. The van der Waals surface area contributed by atoms with E-state index in [1.165, 1.54) is 12.4 Å². The molecule has 242 valence electrons. The van der Waals surface area contributed by atoms with Crippen LogP contribution in [0.1, 0.15) is 11.1 Å².